The number of likely N-dealkylation sites (N-methyl/N-ethyl adjacent to an activating group) is 1. The van der Waals surface area contributed by atoms with Crippen molar-refractivity contribution in [1.29, 1.82) is 0 Å². The smallest absolute Gasteiger partial charge is 0.174 e. The van der Waals surface area contributed by atoms with Crippen LogP contribution in [0.15, 0.2) is 36.7 Å². The van der Waals surface area contributed by atoms with Crippen molar-refractivity contribution in [2.24, 2.45) is 0 Å². The highest BCUT2D eigenvalue weighted by molar-refractivity contribution is 5.20. The van der Waals surface area contributed by atoms with Gasteiger partial charge in [-0.3, -0.25) is 0 Å². The van der Waals surface area contributed by atoms with E-state index in [0.717, 1.165) is 43.0 Å². The largest absolute Gasteiger partial charge is 0.387 e. The SMILES string of the molecule is C=C(NC)C(=C)NCCCC/C=C\CCCCCCCCCc1nn[nH]n1. The van der Waals surface area contributed by atoms with Crippen molar-refractivity contribution < 1.29 is 0 Å². The van der Waals surface area contributed by atoms with E-state index in [9.17, 15) is 0 Å². The number of hydrogen-bond acceptors (Lipinski definition) is 5. The van der Waals surface area contributed by atoms with E-state index in [0.29, 0.717) is 0 Å². The molecule has 1 rings (SSSR count). The summed E-state index contributed by atoms with van der Waals surface area (Å²) >= 11 is 0. The van der Waals surface area contributed by atoms with Gasteiger partial charge in [0.25, 0.3) is 0 Å². The van der Waals surface area contributed by atoms with Gasteiger partial charge >= 0.3 is 0 Å². The van der Waals surface area contributed by atoms with E-state index in [2.05, 4.69) is 56.6 Å². The van der Waals surface area contributed by atoms with Crippen LogP contribution in [0, 0.1) is 0 Å². The molecule has 0 radical (unpaired) electrons. The topological polar surface area (TPSA) is 78.5 Å². The first-order valence-electron chi connectivity index (χ1n) is 10.4. The fourth-order valence-corrected chi connectivity index (χ4v) is 2.84. The Morgan fingerprint density at radius 2 is 1.52 bits per heavy atom. The van der Waals surface area contributed by atoms with Gasteiger partial charge in [-0.1, -0.05) is 62.6 Å². The summed E-state index contributed by atoms with van der Waals surface area (Å²) in [5.74, 6) is 0.836. The van der Waals surface area contributed by atoms with Crippen molar-refractivity contribution in [2.45, 2.75) is 77.0 Å². The molecule has 0 spiro atoms. The zero-order valence-electron chi connectivity index (χ0n) is 17.1. The second kappa shape index (κ2) is 16.1. The van der Waals surface area contributed by atoms with Crippen LogP contribution in [0.4, 0.5) is 0 Å². The molecule has 0 saturated carbocycles. The van der Waals surface area contributed by atoms with Crippen LogP contribution < -0.4 is 10.6 Å². The summed E-state index contributed by atoms with van der Waals surface area (Å²) in [4.78, 5) is 0. The molecule has 0 fully saturated rings. The fraction of sp³-hybridized carbons (Fsp3) is 0.667. The molecule has 6 nitrogen and oxygen atoms in total. The Balaban J connectivity index is 1.77. The van der Waals surface area contributed by atoms with Gasteiger partial charge in [-0.2, -0.15) is 5.21 Å². The number of hydrogen-bond donors (Lipinski definition) is 3. The van der Waals surface area contributed by atoms with Crippen LogP contribution in [0.5, 0.6) is 0 Å². The van der Waals surface area contributed by atoms with Gasteiger partial charge in [0.15, 0.2) is 5.82 Å². The molecule has 0 amide bonds. The maximum absolute atomic E-state index is 3.97. The Morgan fingerprint density at radius 3 is 2.15 bits per heavy atom. The van der Waals surface area contributed by atoms with E-state index in [4.69, 9.17) is 0 Å². The van der Waals surface area contributed by atoms with Crippen molar-refractivity contribution >= 4 is 0 Å². The highest BCUT2D eigenvalue weighted by Crippen LogP contribution is 2.10. The summed E-state index contributed by atoms with van der Waals surface area (Å²) in [5, 5.41) is 20.3. The zero-order chi connectivity index (χ0) is 19.6. The number of tetrazole rings is 1. The standard InChI is InChI=1S/C21H38N6/c1-19(22-3)20(2)23-18-16-14-12-10-8-6-4-5-7-9-11-13-15-17-21-24-26-27-25-21/h8,10,22-23H,1-2,4-7,9,11-18H2,3H3,(H,24,25,26,27)/b10-8-. The van der Waals surface area contributed by atoms with Crippen molar-refractivity contribution in [3.05, 3.63) is 42.5 Å². The van der Waals surface area contributed by atoms with Crippen LogP contribution in [0.2, 0.25) is 0 Å². The predicted molar refractivity (Wildman–Crippen MR) is 113 cm³/mol. The Kier molecular flexibility index (Phi) is 13.7. The first-order valence-corrected chi connectivity index (χ1v) is 10.4. The van der Waals surface area contributed by atoms with E-state index >= 15 is 0 Å². The van der Waals surface area contributed by atoms with Crippen LogP contribution in [-0.2, 0) is 6.42 Å². The third-order valence-corrected chi connectivity index (χ3v) is 4.63. The summed E-state index contributed by atoms with van der Waals surface area (Å²) < 4.78 is 0. The van der Waals surface area contributed by atoms with Gasteiger partial charge in [-0.15, -0.1) is 10.2 Å². The quantitative estimate of drug-likeness (QED) is 0.201. The number of aryl methyl sites for hydroxylation is 1. The van der Waals surface area contributed by atoms with Gasteiger partial charge < -0.3 is 10.6 Å². The van der Waals surface area contributed by atoms with Crippen LogP contribution in [0.25, 0.3) is 0 Å². The Hall–Kier alpha value is -2.11. The lowest BCUT2D eigenvalue weighted by Crippen LogP contribution is -2.20. The first kappa shape index (κ1) is 22.9. The summed E-state index contributed by atoms with van der Waals surface area (Å²) in [6.07, 6.45) is 19.5. The van der Waals surface area contributed by atoms with Crippen molar-refractivity contribution in [3.8, 4) is 0 Å². The summed E-state index contributed by atoms with van der Waals surface area (Å²) in [6, 6.07) is 0. The maximum atomic E-state index is 3.97. The van der Waals surface area contributed by atoms with E-state index in [-0.39, 0.29) is 0 Å². The molecule has 3 N–H and O–H groups in total. The molecule has 0 saturated heterocycles. The van der Waals surface area contributed by atoms with Gasteiger partial charge in [0.1, 0.15) is 0 Å². The van der Waals surface area contributed by atoms with Crippen molar-refractivity contribution in [3.63, 3.8) is 0 Å². The highest BCUT2D eigenvalue weighted by Gasteiger charge is 1.98. The molecular formula is C21H38N6. The minimum Gasteiger partial charge on any atom is -0.387 e. The third-order valence-electron chi connectivity index (χ3n) is 4.63. The minimum absolute atomic E-state index is 0.836. The molecular weight excluding hydrogens is 336 g/mol. The van der Waals surface area contributed by atoms with Gasteiger partial charge in [-0.05, 0) is 38.5 Å². The number of unbranched alkanes of at least 4 members (excludes halogenated alkanes) is 9. The molecule has 0 aliphatic heterocycles. The number of nitrogens with one attached hydrogen (secondary N) is 3. The molecule has 152 valence electrons. The van der Waals surface area contributed by atoms with Crippen LogP contribution in [0.3, 0.4) is 0 Å². The molecule has 1 aromatic heterocycles. The van der Waals surface area contributed by atoms with Crippen LogP contribution in [0.1, 0.15) is 76.5 Å². The molecule has 0 atom stereocenters. The summed E-state index contributed by atoms with van der Waals surface area (Å²) in [5.41, 5.74) is 1.75. The number of rotatable bonds is 18. The molecule has 1 aromatic rings. The second-order valence-electron chi connectivity index (χ2n) is 6.94. The molecule has 1 heterocycles. The molecule has 0 bridgehead atoms. The molecule has 27 heavy (non-hydrogen) atoms. The van der Waals surface area contributed by atoms with E-state index in [1.54, 1.807) is 0 Å². The fourth-order valence-electron chi connectivity index (χ4n) is 2.84. The molecule has 0 aliphatic rings. The van der Waals surface area contributed by atoms with Gasteiger partial charge in [0.2, 0.25) is 0 Å². The minimum atomic E-state index is 0.836. The van der Waals surface area contributed by atoms with Crippen LogP contribution in [-0.4, -0.2) is 34.2 Å². The molecule has 6 heteroatoms. The van der Waals surface area contributed by atoms with E-state index in [1.165, 1.54) is 57.8 Å². The summed E-state index contributed by atoms with van der Waals surface area (Å²) in [7, 11) is 1.86. The predicted octanol–water partition coefficient (Wildman–Crippen LogP) is 4.43. The normalized spacial score (nSPS) is 11.0. The van der Waals surface area contributed by atoms with Crippen LogP contribution >= 0.6 is 0 Å². The van der Waals surface area contributed by atoms with Gasteiger partial charge in [0, 0.05) is 31.4 Å². The number of aromatic nitrogens is 4. The highest BCUT2D eigenvalue weighted by atomic mass is 15.5. The Labute approximate surface area is 165 Å². The average molecular weight is 375 g/mol. The average Bonchev–Trinajstić information content (AvgIpc) is 3.20. The van der Waals surface area contributed by atoms with E-state index in [1.807, 2.05) is 7.05 Å². The monoisotopic (exact) mass is 374 g/mol. The Bertz CT molecular complexity index is 521. The maximum Gasteiger partial charge on any atom is 0.174 e. The lowest BCUT2D eigenvalue weighted by molar-refractivity contribution is 0.577. The number of nitrogens with zero attached hydrogens (tertiary/aromatic N) is 3. The number of H-pyrrole nitrogens is 1. The third kappa shape index (κ3) is 12.8. The Morgan fingerprint density at radius 1 is 0.889 bits per heavy atom. The number of aromatic amines is 1. The number of allylic oxidation sites excluding steroid dienone is 2. The van der Waals surface area contributed by atoms with Gasteiger partial charge in [-0.25, -0.2) is 0 Å². The second-order valence-corrected chi connectivity index (χ2v) is 6.94. The van der Waals surface area contributed by atoms with Gasteiger partial charge in [0.05, 0.1) is 0 Å². The van der Waals surface area contributed by atoms with Crippen molar-refractivity contribution in [2.75, 3.05) is 13.6 Å². The first-order chi connectivity index (χ1) is 13.2. The molecule has 0 unspecified atom stereocenters. The van der Waals surface area contributed by atoms with E-state index < -0.39 is 0 Å². The summed E-state index contributed by atoms with van der Waals surface area (Å²) in [6.45, 7) is 8.78. The zero-order valence-corrected chi connectivity index (χ0v) is 17.1. The lowest BCUT2D eigenvalue weighted by Gasteiger charge is -2.10. The lowest BCUT2D eigenvalue weighted by atomic mass is 10.1. The molecule has 0 aromatic carbocycles. The molecule has 0 aliphatic carbocycles. The van der Waals surface area contributed by atoms with Crippen molar-refractivity contribution in [1.82, 2.24) is 31.3 Å².